The lowest BCUT2D eigenvalue weighted by atomic mass is 10.2. The fraction of sp³-hybridized carbons (Fsp3) is 1.00. The molecule has 5 heteroatoms. The van der Waals surface area contributed by atoms with Crippen LogP contribution in [0.2, 0.25) is 0 Å². The Labute approximate surface area is 121 Å². The molecule has 0 rings (SSSR count). The zero-order valence-corrected chi connectivity index (χ0v) is 12.8. The molecule has 0 spiro atoms. The molecular weight excluding hydrogens is 269 g/mol. The van der Waals surface area contributed by atoms with Crippen molar-refractivity contribution in [2.24, 2.45) is 0 Å². The quantitative estimate of drug-likeness (QED) is 0.332. The van der Waals surface area contributed by atoms with Gasteiger partial charge in [-0.2, -0.15) is 13.2 Å². The van der Waals surface area contributed by atoms with Crippen LogP contribution >= 0.6 is 0 Å². The molecule has 20 heavy (non-hydrogen) atoms. The molecule has 0 aromatic carbocycles. The number of ether oxygens (including phenoxy) is 2. The Kier molecular flexibility index (Phi) is 12.3. The first-order valence-electron chi connectivity index (χ1n) is 7.79. The van der Waals surface area contributed by atoms with E-state index in [-0.39, 0.29) is 0 Å². The summed E-state index contributed by atoms with van der Waals surface area (Å²) in [7, 11) is 0. The van der Waals surface area contributed by atoms with E-state index in [1.807, 2.05) is 0 Å². The summed E-state index contributed by atoms with van der Waals surface area (Å²) in [6, 6.07) is 0. The molecule has 0 unspecified atom stereocenters. The minimum atomic E-state index is -4.24. The van der Waals surface area contributed by atoms with E-state index in [4.69, 9.17) is 9.47 Å². The zero-order valence-electron chi connectivity index (χ0n) is 12.8. The van der Waals surface area contributed by atoms with Crippen LogP contribution in [0.15, 0.2) is 0 Å². The van der Waals surface area contributed by atoms with Gasteiger partial charge in [-0.1, -0.05) is 52.4 Å². The summed E-state index contributed by atoms with van der Waals surface area (Å²) in [5, 5.41) is 0. The van der Waals surface area contributed by atoms with Gasteiger partial charge in [-0.3, -0.25) is 0 Å². The van der Waals surface area contributed by atoms with Crippen LogP contribution < -0.4 is 0 Å². The van der Waals surface area contributed by atoms with Crippen molar-refractivity contribution < 1.29 is 22.6 Å². The van der Waals surface area contributed by atoms with E-state index >= 15 is 0 Å². The molecule has 122 valence electrons. The number of alkyl halides is 3. The second kappa shape index (κ2) is 12.5. The topological polar surface area (TPSA) is 18.5 Å². The van der Waals surface area contributed by atoms with Gasteiger partial charge >= 0.3 is 6.18 Å². The highest BCUT2D eigenvalue weighted by Crippen LogP contribution is 2.24. The Balaban J connectivity index is 3.83. The summed E-state index contributed by atoms with van der Waals surface area (Å²) in [6.45, 7) is 4.87. The highest BCUT2D eigenvalue weighted by atomic mass is 19.4. The van der Waals surface area contributed by atoms with Gasteiger partial charge in [0.05, 0.1) is 6.42 Å². The van der Waals surface area contributed by atoms with Crippen molar-refractivity contribution >= 4 is 0 Å². The molecule has 0 saturated carbocycles. The van der Waals surface area contributed by atoms with Crippen molar-refractivity contribution in [2.45, 2.75) is 84.1 Å². The fourth-order valence-electron chi connectivity index (χ4n) is 1.84. The van der Waals surface area contributed by atoms with Gasteiger partial charge in [0.25, 0.3) is 0 Å². The number of hydrogen-bond donors (Lipinski definition) is 0. The van der Waals surface area contributed by atoms with Gasteiger partial charge in [0.2, 0.25) is 0 Å². The third-order valence-corrected chi connectivity index (χ3v) is 3.00. The molecule has 0 radical (unpaired) electrons. The molecule has 0 heterocycles. The number of unbranched alkanes of at least 4 members (excludes halogenated alkanes) is 6. The van der Waals surface area contributed by atoms with E-state index < -0.39 is 18.9 Å². The Morgan fingerprint density at radius 3 is 1.55 bits per heavy atom. The molecule has 0 amide bonds. The van der Waals surface area contributed by atoms with Crippen LogP contribution in [0.25, 0.3) is 0 Å². The third-order valence-electron chi connectivity index (χ3n) is 3.00. The van der Waals surface area contributed by atoms with Crippen LogP contribution in [0.5, 0.6) is 0 Å². The molecule has 0 aliphatic rings. The Hall–Kier alpha value is -0.290. The largest absolute Gasteiger partial charge is 0.393 e. The van der Waals surface area contributed by atoms with Crippen molar-refractivity contribution in [3.63, 3.8) is 0 Å². The van der Waals surface area contributed by atoms with E-state index in [2.05, 4.69) is 13.8 Å². The van der Waals surface area contributed by atoms with Crippen molar-refractivity contribution in [3.8, 4) is 0 Å². The fourth-order valence-corrected chi connectivity index (χ4v) is 1.84. The van der Waals surface area contributed by atoms with E-state index in [1.54, 1.807) is 0 Å². The van der Waals surface area contributed by atoms with Gasteiger partial charge in [0.15, 0.2) is 6.29 Å². The van der Waals surface area contributed by atoms with E-state index in [1.165, 1.54) is 0 Å². The maximum Gasteiger partial charge on any atom is 0.393 e. The van der Waals surface area contributed by atoms with Gasteiger partial charge in [-0.15, -0.1) is 0 Å². The van der Waals surface area contributed by atoms with Crippen molar-refractivity contribution in [2.75, 3.05) is 13.2 Å². The number of rotatable bonds is 13. The van der Waals surface area contributed by atoms with Crippen LogP contribution in [-0.2, 0) is 9.47 Å². The van der Waals surface area contributed by atoms with Gasteiger partial charge in [-0.05, 0) is 12.8 Å². The highest BCUT2D eigenvalue weighted by Gasteiger charge is 2.32. The van der Waals surface area contributed by atoms with Crippen LogP contribution in [0.4, 0.5) is 13.2 Å². The van der Waals surface area contributed by atoms with E-state index in [9.17, 15) is 13.2 Å². The van der Waals surface area contributed by atoms with Gasteiger partial charge < -0.3 is 9.47 Å². The molecular formula is C15H29F3O2. The molecule has 0 aromatic heterocycles. The van der Waals surface area contributed by atoms with Crippen LogP contribution in [-0.4, -0.2) is 25.7 Å². The lowest BCUT2D eigenvalue weighted by molar-refractivity contribution is -0.222. The normalized spacial score (nSPS) is 12.3. The molecule has 0 bridgehead atoms. The average Bonchev–Trinajstić information content (AvgIpc) is 2.36. The Morgan fingerprint density at radius 2 is 1.20 bits per heavy atom. The monoisotopic (exact) mass is 298 g/mol. The summed E-state index contributed by atoms with van der Waals surface area (Å²) < 4.78 is 47.7. The summed E-state index contributed by atoms with van der Waals surface area (Å²) in [5.74, 6) is 0. The standard InChI is InChI=1S/C15H29F3O2/c1-3-5-7-9-11-19-14(13-15(16,17)18)20-12-10-8-6-4-2/h14H,3-13H2,1-2H3. The second-order valence-corrected chi connectivity index (χ2v) is 5.11. The maximum atomic E-state index is 12.4. The van der Waals surface area contributed by atoms with Crippen LogP contribution in [0.3, 0.4) is 0 Å². The van der Waals surface area contributed by atoms with Crippen molar-refractivity contribution in [1.29, 1.82) is 0 Å². The van der Waals surface area contributed by atoms with Crippen molar-refractivity contribution in [3.05, 3.63) is 0 Å². The summed E-state index contributed by atoms with van der Waals surface area (Å²) in [6.07, 6.45) is 1.54. The first-order chi connectivity index (χ1) is 9.49. The van der Waals surface area contributed by atoms with E-state index in [0.29, 0.717) is 13.2 Å². The predicted octanol–water partition coefficient (Wildman–Crippen LogP) is 5.46. The van der Waals surface area contributed by atoms with Gasteiger partial charge in [0, 0.05) is 13.2 Å². The average molecular weight is 298 g/mol. The van der Waals surface area contributed by atoms with Crippen LogP contribution in [0, 0.1) is 0 Å². The molecule has 0 saturated heterocycles. The minimum absolute atomic E-state index is 0.343. The van der Waals surface area contributed by atoms with Gasteiger partial charge in [0.1, 0.15) is 0 Å². The number of halogens is 3. The molecule has 0 fully saturated rings. The molecule has 0 aliphatic heterocycles. The molecule has 0 aromatic rings. The molecule has 0 aliphatic carbocycles. The zero-order chi connectivity index (χ0) is 15.3. The first-order valence-corrected chi connectivity index (χ1v) is 7.79. The lowest BCUT2D eigenvalue weighted by Gasteiger charge is -2.20. The Morgan fingerprint density at radius 1 is 0.750 bits per heavy atom. The lowest BCUT2D eigenvalue weighted by Crippen LogP contribution is -2.26. The Bertz CT molecular complexity index is 194. The maximum absolute atomic E-state index is 12.4. The van der Waals surface area contributed by atoms with Crippen molar-refractivity contribution in [1.82, 2.24) is 0 Å². The SMILES string of the molecule is CCCCCCOC(CC(F)(F)F)OCCCCCC. The summed E-state index contributed by atoms with van der Waals surface area (Å²) >= 11 is 0. The van der Waals surface area contributed by atoms with Crippen LogP contribution in [0.1, 0.15) is 71.6 Å². The molecule has 2 nitrogen and oxygen atoms in total. The molecule has 0 atom stereocenters. The smallest absolute Gasteiger partial charge is 0.352 e. The minimum Gasteiger partial charge on any atom is -0.352 e. The van der Waals surface area contributed by atoms with Gasteiger partial charge in [-0.25, -0.2) is 0 Å². The molecule has 0 N–H and O–H groups in total. The first kappa shape index (κ1) is 19.7. The predicted molar refractivity (Wildman–Crippen MR) is 74.6 cm³/mol. The second-order valence-electron chi connectivity index (χ2n) is 5.11. The summed E-state index contributed by atoms with van der Waals surface area (Å²) in [4.78, 5) is 0. The third kappa shape index (κ3) is 14.1. The number of hydrogen-bond acceptors (Lipinski definition) is 2. The highest BCUT2D eigenvalue weighted by molar-refractivity contribution is 4.56. The van der Waals surface area contributed by atoms with E-state index in [0.717, 1.165) is 51.4 Å². The summed E-state index contributed by atoms with van der Waals surface area (Å²) in [5.41, 5.74) is 0.